The van der Waals surface area contributed by atoms with Crippen LogP contribution >= 0.6 is 0 Å². The Bertz CT molecular complexity index is 1570. The highest BCUT2D eigenvalue weighted by molar-refractivity contribution is 5.96. The monoisotopic (exact) mass is 566 g/mol. The Morgan fingerprint density at radius 1 is 1.05 bits per heavy atom. The summed E-state index contributed by atoms with van der Waals surface area (Å²) in [5, 5.41) is 8.85. The highest BCUT2D eigenvalue weighted by Gasteiger charge is 2.35. The van der Waals surface area contributed by atoms with Gasteiger partial charge < -0.3 is 29.2 Å². The molecule has 2 aromatic carbocycles. The molecule has 2 aromatic heterocycles. The first kappa shape index (κ1) is 28.2. The van der Waals surface area contributed by atoms with E-state index in [-0.39, 0.29) is 19.5 Å². The van der Waals surface area contributed by atoms with E-state index in [2.05, 4.69) is 5.32 Å². The van der Waals surface area contributed by atoms with Gasteiger partial charge in [0, 0.05) is 36.0 Å². The maximum Gasteiger partial charge on any atom is 0.410 e. The van der Waals surface area contributed by atoms with Crippen molar-refractivity contribution in [2.45, 2.75) is 51.4 Å². The molecule has 1 fully saturated rings. The van der Waals surface area contributed by atoms with E-state index >= 15 is 0 Å². The second-order valence-corrected chi connectivity index (χ2v) is 10.9. The Morgan fingerprint density at radius 3 is 2.54 bits per heavy atom. The largest absolute Gasteiger partial charge is 0.497 e. The summed E-state index contributed by atoms with van der Waals surface area (Å²) in [6.45, 7) is 5.93. The Kier molecular flexibility index (Phi) is 7.74. The molecule has 5 rings (SSSR count). The maximum absolute atomic E-state index is 14.9. The van der Waals surface area contributed by atoms with Crippen LogP contribution in [0.15, 0.2) is 36.4 Å². The molecule has 1 aliphatic heterocycles. The molecule has 2 unspecified atom stereocenters. The fourth-order valence-electron chi connectivity index (χ4n) is 4.95. The summed E-state index contributed by atoms with van der Waals surface area (Å²) in [7, 11) is 4.78. The molecule has 1 N–H and O–H groups in total. The first-order valence-electron chi connectivity index (χ1n) is 13.4. The molecule has 1 aliphatic rings. The minimum atomic E-state index is -1.23. The van der Waals surface area contributed by atoms with Crippen molar-refractivity contribution in [2.75, 3.05) is 39.7 Å². The predicted octanol–water partition coefficient (Wildman–Crippen LogP) is 4.98. The number of halogens is 1. The molecule has 12 heteroatoms. The van der Waals surface area contributed by atoms with Gasteiger partial charge in [-0.15, -0.1) is 5.10 Å². The van der Waals surface area contributed by atoms with Crippen LogP contribution in [0.5, 0.6) is 17.2 Å². The smallest absolute Gasteiger partial charge is 0.410 e. The number of carbonyl (C=O) groups is 1. The van der Waals surface area contributed by atoms with Crippen LogP contribution < -0.4 is 19.5 Å². The average molecular weight is 567 g/mol. The first-order valence-corrected chi connectivity index (χ1v) is 13.4. The zero-order chi connectivity index (χ0) is 29.3. The fourth-order valence-corrected chi connectivity index (χ4v) is 4.95. The third-order valence-electron chi connectivity index (χ3n) is 6.85. The molecular formula is C29H35FN6O5. The highest BCUT2D eigenvalue weighted by Crippen LogP contribution is 2.33. The minimum Gasteiger partial charge on any atom is -0.497 e. The predicted molar refractivity (Wildman–Crippen MR) is 152 cm³/mol. The van der Waals surface area contributed by atoms with Crippen LogP contribution in [-0.4, -0.2) is 76.8 Å². The Balaban J connectivity index is 1.53. The number of hydrogen-bond donors (Lipinski definition) is 1. The minimum absolute atomic E-state index is 0.0308. The van der Waals surface area contributed by atoms with Crippen molar-refractivity contribution < 1.29 is 28.1 Å². The van der Waals surface area contributed by atoms with E-state index in [0.29, 0.717) is 46.7 Å². The van der Waals surface area contributed by atoms with Gasteiger partial charge in [0.1, 0.15) is 34.5 Å². The number of piperidine rings is 1. The number of likely N-dealkylation sites (tertiary alicyclic amines) is 1. The van der Waals surface area contributed by atoms with Crippen LogP contribution in [0.3, 0.4) is 0 Å². The summed E-state index contributed by atoms with van der Waals surface area (Å²) >= 11 is 0. The Morgan fingerprint density at radius 2 is 1.83 bits per heavy atom. The Labute approximate surface area is 237 Å². The molecule has 2 atom stereocenters. The van der Waals surface area contributed by atoms with Crippen LogP contribution in [0.1, 0.15) is 44.5 Å². The zero-order valence-electron chi connectivity index (χ0n) is 24.1. The number of nitrogens with zero attached hydrogens (tertiary/aromatic N) is 5. The third-order valence-corrected chi connectivity index (χ3v) is 6.85. The van der Waals surface area contributed by atoms with Crippen LogP contribution in [0.4, 0.5) is 15.1 Å². The van der Waals surface area contributed by atoms with Crippen molar-refractivity contribution in [3.8, 4) is 17.2 Å². The highest BCUT2D eigenvalue weighted by atomic mass is 19.1. The first-order chi connectivity index (χ1) is 19.6. The molecule has 0 bridgehead atoms. The molecule has 3 heterocycles. The van der Waals surface area contributed by atoms with Gasteiger partial charge >= 0.3 is 6.09 Å². The number of carbonyl (C=O) groups excluding carboxylic acids is 1. The van der Waals surface area contributed by atoms with E-state index in [0.717, 1.165) is 10.9 Å². The lowest BCUT2D eigenvalue weighted by Gasteiger charge is -2.34. The van der Waals surface area contributed by atoms with Gasteiger partial charge in [0.15, 0.2) is 11.5 Å². The molecular weight excluding hydrogens is 531 g/mol. The molecule has 0 aliphatic carbocycles. The van der Waals surface area contributed by atoms with E-state index in [1.165, 1.54) is 4.90 Å². The molecule has 41 heavy (non-hydrogen) atoms. The van der Waals surface area contributed by atoms with E-state index in [9.17, 15) is 9.18 Å². The Hall–Kier alpha value is -4.35. The number of fused-ring (bicyclic) bond motifs is 3. The van der Waals surface area contributed by atoms with Crippen LogP contribution in [0.2, 0.25) is 0 Å². The lowest BCUT2D eigenvalue weighted by molar-refractivity contribution is 0.0107. The van der Waals surface area contributed by atoms with Crippen LogP contribution in [-0.2, 0) is 11.3 Å². The quantitative estimate of drug-likeness (QED) is 0.331. The van der Waals surface area contributed by atoms with Crippen molar-refractivity contribution in [3.63, 3.8) is 0 Å². The lowest BCUT2D eigenvalue weighted by Crippen LogP contribution is -2.46. The molecule has 11 nitrogen and oxygen atoms in total. The van der Waals surface area contributed by atoms with E-state index < -0.39 is 23.8 Å². The van der Waals surface area contributed by atoms with Gasteiger partial charge in [-0.05, 0) is 51.5 Å². The lowest BCUT2D eigenvalue weighted by atomic mass is 9.96. The number of alkyl halides is 1. The van der Waals surface area contributed by atoms with Gasteiger partial charge in [0.05, 0.1) is 27.9 Å². The number of aromatic nitrogens is 4. The van der Waals surface area contributed by atoms with Crippen molar-refractivity contribution in [2.24, 2.45) is 0 Å². The number of amides is 1. The summed E-state index contributed by atoms with van der Waals surface area (Å²) in [6, 6.07) is 11.1. The number of nitrogens with one attached hydrogen (secondary N) is 1. The second kappa shape index (κ2) is 11.3. The van der Waals surface area contributed by atoms with Crippen LogP contribution in [0, 0.1) is 0 Å². The second-order valence-electron chi connectivity index (χ2n) is 10.9. The molecule has 218 valence electrons. The summed E-state index contributed by atoms with van der Waals surface area (Å²) in [4.78, 5) is 23.8. The van der Waals surface area contributed by atoms with Gasteiger partial charge in [0.25, 0.3) is 0 Å². The van der Waals surface area contributed by atoms with Gasteiger partial charge in [-0.2, -0.15) is 4.52 Å². The van der Waals surface area contributed by atoms with Gasteiger partial charge in [-0.25, -0.2) is 19.2 Å². The molecule has 0 saturated carbocycles. The molecule has 4 aromatic rings. The van der Waals surface area contributed by atoms with E-state index in [4.69, 9.17) is 34.0 Å². The van der Waals surface area contributed by atoms with Crippen molar-refractivity contribution >= 4 is 28.6 Å². The number of anilines is 1. The molecule has 1 amide bonds. The number of ether oxygens (including phenoxy) is 4. The summed E-state index contributed by atoms with van der Waals surface area (Å²) in [6.07, 6.45) is -1.60. The number of para-hydroxylation sites is 1. The molecule has 0 radical (unpaired) electrons. The van der Waals surface area contributed by atoms with E-state index in [1.807, 2.05) is 36.4 Å². The summed E-state index contributed by atoms with van der Waals surface area (Å²) in [5.41, 5.74) is 1.34. The fraction of sp³-hybridized carbons (Fsp3) is 0.448. The SMILES string of the molecule is COc1ccc(CNc2nc3c(OC)cccc3c3nc(C4CC(F)CN(C(=O)OC(C)(C)C)C4)nn23)c(OC)c1. The number of methoxy groups -OCH3 is 3. The molecule has 1 saturated heterocycles. The average Bonchev–Trinajstić information content (AvgIpc) is 3.40. The third kappa shape index (κ3) is 5.91. The summed E-state index contributed by atoms with van der Waals surface area (Å²) < 4.78 is 38.5. The van der Waals surface area contributed by atoms with Gasteiger partial charge in [-0.1, -0.05) is 6.07 Å². The summed E-state index contributed by atoms with van der Waals surface area (Å²) in [5.74, 6) is 2.33. The van der Waals surface area contributed by atoms with E-state index in [1.54, 1.807) is 46.6 Å². The normalized spacial score (nSPS) is 17.5. The number of hydrogen-bond acceptors (Lipinski definition) is 9. The van der Waals surface area contributed by atoms with Crippen molar-refractivity contribution in [3.05, 3.63) is 47.8 Å². The van der Waals surface area contributed by atoms with Crippen LogP contribution in [0.25, 0.3) is 16.6 Å². The topological polar surface area (TPSA) is 112 Å². The maximum atomic E-state index is 14.9. The van der Waals surface area contributed by atoms with Crippen molar-refractivity contribution in [1.82, 2.24) is 24.5 Å². The molecule has 0 spiro atoms. The van der Waals surface area contributed by atoms with Crippen molar-refractivity contribution in [1.29, 1.82) is 0 Å². The zero-order valence-corrected chi connectivity index (χ0v) is 24.1. The number of benzene rings is 2. The van der Waals surface area contributed by atoms with Gasteiger partial charge in [-0.3, -0.25) is 0 Å². The standard InChI is InChI=1S/C29H35FN6O5/c1-29(2,3)41-28(37)35-15-18(12-19(30)16-35)25-33-26-21-8-7-9-22(39-5)24(21)32-27(36(26)34-25)31-14-17-10-11-20(38-4)13-23(17)40-6/h7-11,13,18-19H,12,14-16H2,1-6H3,(H,31,32). The number of rotatable bonds is 7. The van der Waals surface area contributed by atoms with Gasteiger partial charge in [0.2, 0.25) is 5.95 Å².